The predicted molar refractivity (Wildman–Crippen MR) is 46.6 cm³/mol. The van der Waals surface area contributed by atoms with Crippen LogP contribution in [0.15, 0.2) is 12.4 Å². The molecule has 70 valence electrons. The Balaban J connectivity index is 2.64. The molecule has 0 saturated carbocycles. The van der Waals surface area contributed by atoms with Gasteiger partial charge in [0.15, 0.2) is 0 Å². The molecule has 0 spiro atoms. The molecule has 5 heteroatoms. The van der Waals surface area contributed by atoms with Gasteiger partial charge in [-0.1, -0.05) is 0 Å². The van der Waals surface area contributed by atoms with Gasteiger partial charge in [0.1, 0.15) is 5.82 Å². The van der Waals surface area contributed by atoms with Gasteiger partial charge in [-0.15, -0.1) is 0 Å². The van der Waals surface area contributed by atoms with Crippen molar-refractivity contribution in [2.24, 2.45) is 0 Å². The third-order valence-corrected chi connectivity index (χ3v) is 1.55. The topological polar surface area (TPSA) is 75.1 Å². The van der Waals surface area contributed by atoms with Crippen LogP contribution in [0.1, 0.15) is 16.2 Å². The van der Waals surface area contributed by atoms with E-state index in [1.807, 2.05) is 7.05 Å². The molecule has 1 rings (SSSR count). The molecule has 0 atom stereocenters. The molecule has 0 aliphatic heterocycles. The fraction of sp³-hybridized carbons (Fsp3) is 0.375. The van der Waals surface area contributed by atoms with Crippen LogP contribution in [-0.4, -0.2) is 34.6 Å². The Hall–Kier alpha value is -1.49. The summed E-state index contributed by atoms with van der Waals surface area (Å²) >= 11 is 0. The van der Waals surface area contributed by atoms with Crippen LogP contribution in [0.5, 0.6) is 0 Å². The Labute approximate surface area is 75.8 Å². The average Bonchev–Trinajstić information content (AvgIpc) is 2.15. The first-order valence-corrected chi connectivity index (χ1v) is 3.93. The van der Waals surface area contributed by atoms with E-state index >= 15 is 0 Å². The first-order valence-electron chi connectivity index (χ1n) is 3.93. The Bertz CT molecular complexity index is 284. The van der Waals surface area contributed by atoms with Crippen molar-refractivity contribution in [2.75, 3.05) is 13.6 Å². The number of hydrogen-bond donors (Lipinski definition) is 2. The minimum Gasteiger partial charge on any atom is -0.478 e. The van der Waals surface area contributed by atoms with Crippen molar-refractivity contribution in [2.45, 2.75) is 6.42 Å². The lowest BCUT2D eigenvalue weighted by Crippen LogP contribution is -2.12. The molecule has 2 N–H and O–H groups in total. The smallest absolute Gasteiger partial charge is 0.338 e. The predicted octanol–water partition coefficient (Wildman–Crippen LogP) is -0.0633. The number of carbonyl (C=O) groups is 1. The standard InChI is InChI=1S/C8H11N3O2/c1-9-3-2-7-10-4-6(5-11-7)8(12)13/h4-5,9H,2-3H2,1H3,(H,12,13). The number of nitrogens with zero attached hydrogens (tertiary/aromatic N) is 2. The third-order valence-electron chi connectivity index (χ3n) is 1.55. The van der Waals surface area contributed by atoms with Gasteiger partial charge < -0.3 is 10.4 Å². The van der Waals surface area contributed by atoms with E-state index in [2.05, 4.69) is 15.3 Å². The monoisotopic (exact) mass is 181 g/mol. The van der Waals surface area contributed by atoms with Gasteiger partial charge >= 0.3 is 5.97 Å². The number of carboxylic acid groups (broad SMARTS) is 1. The van der Waals surface area contributed by atoms with Gasteiger partial charge in [-0.2, -0.15) is 0 Å². The molecular formula is C8H11N3O2. The second-order valence-corrected chi connectivity index (χ2v) is 2.55. The molecule has 0 bridgehead atoms. The minimum atomic E-state index is -1.000. The van der Waals surface area contributed by atoms with Crippen molar-refractivity contribution in [1.82, 2.24) is 15.3 Å². The van der Waals surface area contributed by atoms with Gasteiger partial charge in [0, 0.05) is 25.4 Å². The summed E-state index contributed by atoms with van der Waals surface area (Å²) in [6.07, 6.45) is 3.34. The molecule has 5 nitrogen and oxygen atoms in total. The molecule has 0 radical (unpaired) electrons. The summed E-state index contributed by atoms with van der Waals surface area (Å²) in [6, 6.07) is 0. The van der Waals surface area contributed by atoms with Crippen LogP contribution in [0.25, 0.3) is 0 Å². The van der Waals surface area contributed by atoms with Gasteiger partial charge in [-0.25, -0.2) is 14.8 Å². The molecule has 0 aliphatic rings. The molecule has 13 heavy (non-hydrogen) atoms. The van der Waals surface area contributed by atoms with Crippen LogP contribution in [-0.2, 0) is 6.42 Å². The zero-order valence-corrected chi connectivity index (χ0v) is 7.32. The molecule has 0 amide bonds. The molecule has 0 fully saturated rings. The van der Waals surface area contributed by atoms with Crippen LogP contribution in [0.2, 0.25) is 0 Å². The SMILES string of the molecule is CNCCc1ncc(C(=O)O)cn1. The average molecular weight is 181 g/mol. The van der Waals surface area contributed by atoms with Crippen molar-refractivity contribution >= 4 is 5.97 Å². The maximum Gasteiger partial charge on any atom is 0.338 e. The maximum absolute atomic E-state index is 10.4. The highest BCUT2D eigenvalue weighted by Crippen LogP contribution is 1.95. The van der Waals surface area contributed by atoms with E-state index in [1.54, 1.807) is 0 Å². The lowest BCUT2D eigenvalue weighted by Gasteiger charge is -1.98. The highest BCUT2D eigenvalue weighted by molar-refractivity contribution is 5.86. The van der Waals surface area contributed by atoms with E-state index in [4.69, 9.17) is 5.11 Å². The zero-order chi connectivity index (χ0) is 9.68. The number of carboxylic acids is 1. The maximum atomic E-state index is 10.4. The quantitative estimate of drug-likeness (QED) is 0.680. The lowest BCUT2D eigenvalue weighted by atomic mass is 10.3. The lowest BCUT2D eigenvalue weighted by molar-refractivity contribution is 0.0696. The van der Waals surface area contributed by atoms with Crippen molar-refractivity contribution in [3.63, 3.8) is 0 Å². The zero-order valence-electron chi connectivity index (χ0n) is 7.32. The summed E-state index contributed by atoms with van der Waals surface area (Å²) in [6.45, 7) is 0.784. The number of rotatable bonds is 4. The van der Waals surface area contributed by atoms with E-state index in [1.165, 1.54) is 12.4 Å². The fourth-order valence-corrected chi connectivity index (χ4v) is 0.831. The van der Waals surface area contributed by atoms with Gasteiger partial charge in [-0.3, -0.25) is 0 Å². The second kappa shape index (κ2) is 4.51. The van der Waals surface area contributed by atoms with Crippen LogP contribution >= 0.6 is 0 Å². The second-order valence-electron chi connectivity index (χ2n) is 2.55. The summed E-state index contributed by atoms with van der Waals surface area (Å²) < 4.78 is 0. The van der Waals surface area contributed by atoms with Gasteiger partial charge in [0.05, 0.1) is 5.56 Å². The van der Waals surface area contributed by atoms with Crippen molar-refractivity contribution in [1.29, 1.82) is 0 Å². The fourth-order valence-electron chi connectivity index (χ4n) is 0.831. The normalized spacial score (nSPS) is 9.92. The van der Waals surface area contributed by atoms with E-state index in [-0.39, 0.29) is 5.56 Å². The molecule has 1 aromatic rings. The Kier molecular flexibility index (Phi) is 3.33. The molecule has 0 unspecified atom stereocenters. The first kappa shape index (κ1) is 9.60. The van der Waals surface area contributed by atoms with E-state index in [9.17, 15) is 4.79 Å². The summed E-state index contributed by atoms with van der Waals surface area (Å²) in [7, 11) is 1.84. The summed E-state index contributed by atoms with van der Waals surface area (Å²) in [4.78, 5) is 18.2. The molecule has 1 aromatic heterocycles. The number of aromatic carboxylic acids is 1. The molecule has 0 aliphatic carbocycles. The molecule has 0 aromatic carbocycles. The first-order chi connectivity index (χ1) is 6.24. The minimum absolute atomic E-state index is 0.119. The van der Waals surface area contributed by atoms with E-state index < -0.39 is 5.97 Å². The number of nitrogens with one attached hydrogen (secondary N) is 1. The van der Waals surface area contributed by atoms with Gasteiger partial charge in [0.25, 0.3) is 0 Å². The van der Waals surface area contributed by atoms with Crippen molar-refractivity contribution in [3.05, 3.63) is 23.8 Å². The highest BCUT2D eigenvalue weighted by Gasteiger charge is 2.03. The summed E-state index contributed by atoms with van der Waals surface area (Å²) in [5.74, 6) is -0.348. The molecule has 1 heterocycles. The van der Waals surface area contributed by atoms with Crippen LogP contribution in [0, 0.1) is 0 Å². The van der Waals surface area contributed by atoms with Crippen LogP contribution in [0.4, 0.5) is 0 Å². The molecule has 0 saturated heterocycles. The number of likely N-dealkylation sites (N-methyl/N-ethyl adjacent to an activating group) is 1. The van der Waals surface area contributed by atoms with Gasteiger partial charge in [0.2, 0.25) is 0 Å². The largest absolute Gasteiger partial charge is 0.478 e. The third kappa shape index (κ3) is 2.79. The van der Waals surface area contributed by atoms with Crippen LogP contribution in [0.3, 0.4) is 0 Å². The van der Waals surface area contributed by atoms with E-state index in [0.29, 0.717) is 12.2 Å². The Morgan fingerprint density at radius 2 is 2.15 bits per heavy atom. The summed E-state index contributed by atoms with van der Waals surface area (Å²) in [5.41, 5.74) is 0.119. The number of aromatic nitrogens is 2. The van der Waals surface area contributed by atoms with Gasteiger partial charge in [-0.05, 0) is 7.05 Å². The molecular weight excluding hydrogens is 170 g/mol. The summed E-state index contributed by atoms with van der Waals surface area (Å²) in [5, 5.41) is 11.5. The highest BCUT2D eigenvalue weighted by atomic mass is 16.4. The van der Waals surface area contributed by atoms with Crippen molar-refractivity contribution in [3.8, 4) is 0 Å². The number of hydrogen-bond acceptors (Lipinski definition) is 4. The Morgan fingerprint density at radius 1 is 1.54 bits per heavy atom. The Morgan fingerprint density at radius 3 is 2.62 bits per heavy atom. The van der Waals surface area contributed by atoms with E-state index in [0.717, 1.165) is 6.54 Å². The van der Waals surface area contributed by atoms with Crippen LogP contribution < -0.4 is 5.32 Å². The van der Waals surface area contributed by atoms with Crippen molar-refractivity contribution < 1.29 is 9.90 Å².